The summed E-state index contributed by atoms with van der Waals surface area (Å²) in [6, 6.07) is 0. The number of Topliss-reactive ketones (excluding diaryl/α,β-unsaturated/α-hetero) is 1. The van der Waals surface area contributed by atoms with Gasteiger partial charge in [-0.2, -0.15) is 0 Å². The van der Waals surface area contributed by atoms with Crippen molar-refractivity contribution in [3.8, 4) is 0 Å². The molecule has 1 N–H and O–H groups in total. The van der Waals surface area contributed by atoms with Crippen molar-refractivity contribution >= 4 is 11.7 Å². The zero-order valence-electron chi connectivity index (χ0n) is 12.2. The van der Waals surface area contributed by atoms with Gasteiger partial charge in [0.2, 0.25) is 5.91 Å². The van der Waals surface area contributed by atoms with Crippen LogP contribution in [0.3, 0.4) is 0 Å². The van der Waals surface area contributed by atoms with E-state index >= 15 is 0 Å². The van der Waals surface area contributed by atoms with Gasteiger partial charge in [-0.1, -0.05) is 19.3 Å². The van der Waals surface area contributed by atoms with Crippen LogP contribution in [-0.4, -0.2) is 43.3 Å². The fraction of sp³-hybridized carbons (Fsp3) is 0.867. The minimum Gasteiger partial charge on any atom is -0.356 e. The van der Waals surface area contributed by atoms with Crippen LogP contribution in [-0.2, 0) is 9.59 Å². The first kappa shape index (κ1) is 16.2. The molecule has 1 fully saturated rings. The van der Waals surface area contributed by atoms with Gasteiger partial charge in [-0.15, -0.1) is 0 Å². The Morgan fingerprint density at radius 1 is 0.895 bits per heavy atom. The first-order valence-electron chi connectivity index (χ1n) is 7.65. The molecule has 0 unspecified atom stereocenters. The van der Waals surface area contributed by atoms with Crippen LogP contribution in [0.15, 0.2) is 0 Å². The van der Waals surface area contributed by atoms with Gasteiger partial charge in [0, 0.05) is 19.4 Å². The first-order valence-corrected chi connectivity index (χ1v) is 7.65. The van der Waals surface area contributed by atoms with Gasteiger partial charge in [0.05, 0.1) is 6.54 Å². The molecule has 1 rings (SSSR count). The van der Waals surface area contributed by atoms with E-state index in [2.05, 4.69) is 10.2 Å². The second-order valence-corrected chi connectivity index (χ2v) is 5.60. The highest BCUT2D eigenvalue weighted by atomic mass is 16.1. The summed E-state index contributed by atoms with van der Waals surface area (Å²) >= 11 is 0. The Hall–Kier alpha value is -0.900. The molecule has 4 nitrogen and oxygen atoms in total. The van der Waals surface area contributed by atoms with Crippen molar-refractivity contribution in [1.29, 1.82) is 0 Å². The summed E-state index contributed by atoms with van der Waals surface area (Å²) in [5.41, 5.74) is 0. The van der Waals surface area contributed by atoms with E-state index in [1.807, 2.05) is 7.05 Å². The molecule has 0 radical (unpaired) electrons. The van der Waals surface area contributed by atoms with Crippen molar-refractivity contribution in [2.45, 2.75) is 57.8 Å². The molecule has 4 heteroatoms. The Morgan fingerprint density at radius 3 is 2.42 bits per heavy atom. The quantitative estimate of drug-likeness (QED) is 0.732. The van der Waals surface area contributed by atoms with E-state index in [4.69, 9.17) is 0 Å². The molecule has 0 aromatic rings. The van der Waals surface area contributed by atoms with Gasteiger partial charge < -0.3 is 5.32 Å². The number of likely N-dealkylation sites (N-methyl/N-ethyl adjacent to an activating group) is 1. The second-order valence-electron chi connectivity index (χ2n) is 5.60. The van der Waals surface area contributed by atoms with Crippen LogP contribution in [0.4, 0.5) is 0 Å². The van der Waals surface area contributed by atoms with Crippen molar-refractivity contribution < 1.29 is 9.59 Å². The highest BCUT2D eigenvalue weighted by molar-refractivity contribution is 5.80. The number of nitrogens with zero attached hydrogens (tertiary/aromatic N) is 1. The maximum absolute atomic E-state index is 11.7. The molecule has 0 saturated carbocycles. The van der Waals surface area contributed by atoms with Gasteiger partial charge in [-0.3, -0.25) is 14.5 Å². The largest absolute Gasteiger partial charge is 0.356 e. The number of hydrogen-bond acceptors (Lipinski definition) is 3. The number of ketones is 1. The Labute approximate surface area is 116 Å². The summed E-state index contributed by atoms with van der Waals surface area (Å²) in [5, 5.41) is 2.95. The fourth-order valence-corrected chi connectivity index (χ4v) is 2.42. The van der Waals surface area contributed by atoms with Gasteiger partial charge in [0.25, 0.3) is 0 Å². The van der Waals surface area contributed by atoms with Crippen LogP contribution in [0.25, 0.3) is 0 Å². The summed E-state index contributed by atoms with van der Waals surface area (Å²) in [5.74, 6) is 0.527. The van der Waals surface area contributed by atoms with Crippen LogP contribution in [0.1, 0.15) is 57.8 Å². The maximum Gasteiger partial charge on any atom is 0.219 e. The highest BCUT2D eigenvalue weighted by Crippen LogP contribution is 2.06. The number of rotatable bonds is 0. The Kier molecular flexibility index (Phi) is 8.47. The molecule has 0 aromatic heterocycles. The lowest BCUT2D eigenvalue weighted by Gasteiger charge is -2.15. The second kappa shape index (κ2) is 9.96. The normalized spacial score (nSPS) is 23.0. The van der Waals surface area contributed by atoms with E-state index in [1.165, 1.54) is 0 Å². The monoisotopic (exact) mass is 268 g/mol. The maximum atomic E-state index is 11.7. The molecule has 19 heavy (non-hydrogen) atoms. The van der Waals surface area contributed by atoms with E-state index in [1.54, 1.807) is 0 Å². The summed E-state index contributed by atoms with van der Waals surface area (Å²) in [6.45, 7) is 2.33. The molecule has 0 aliphatic carbocycles. The van der Waals surface area contributed by atoms with E-state index in [-0.39, 0.29) is 5.91 Å². The predicted octanol–water partition coefficient (Wildman–Crippen LogP) is 2.13. The number of hydrogen-bond donors (Lipinski definition) is 1. The lowest BCUT2D eigenvalue weighted by Crippen LogP contribution is -2.27. The molecular weight excluding hydrogens is 240 g/mol. The summed E-state index contributed by atoms with van der Waals surface area (Å²) in [4.78, 5) is 25.4. The Morgan fingerprint density at radius 2 is 1.58 bits per heavy atom. The SMILES string of the molecule is CN1CCCCCCC(=O)NCCCCCC(=O)C1. The predicted molar refractivity (Wildman–Crippen MR) is 77.1 cm³/mol. The third kappa shape index (κ3) is 8.76. The number of nitrogens with one attached hydrogen (secondary N) is 1. The van der Waals surface area contributed by atoms with Crippen molar-refractivity contribution in [2.24, 2.45) is 0 Å². The molecule has 110 valence electrons. The van der Waals surface area contributed by atoms with E-state index in [0.717, 1.165) is 58.0 Å². The van der Waals surface area contributed by atoms with Gasteiger partial charge >= 0.3 is 0 Å². The molecular formula is C15H28N2O2. The number of carbonyl (C=O) groups excluding carboxylic acids is 2. The van der Waals surface area contributed by atoms with E-state index < -0.39 is 0 Å². The molecule has 1 amide bonds. The molecule has 1 aliphatic heterocycles. The van der Waals surface area contributed by atoms with Crippen LogP contribution < -0.4 is 5.32 Å². The molecule has 0 bridgehead atoms. The average molecular weight is 268 g/mol. The van der Waals surface area contributed by atoms with Crippen molar-refractivity contribution in [3.63, 3.8) is 0 Å². The van der Waals surface area contributed by atoms with Gasteiger partial charge in [-0.25, -0.2) is 0 Å². The molecule has 0 aromatic carbocycles. The molecule has 1 heterocycles. The molecule has 1 saturated heterocycles. The zero-order valence-corrected chi connectivity index (χ0v) is 12.2. The number of amides is 1. The van der Waals surface area contributed by atoms with Crippen molar-refractivity contribution in [3.05, 3.63) is 0 Å². The third-order valence-electron chi connectivity index (χ3n) is 3.59. The minimum atomic E-state index is 0.181. The Balaban J connectivity index is 2.30. The topological polar surface area (TPSA) is 49.4 Å². The molecule has 1 aliphatic rings. The number of carbonyl (C=O) groups is 2. The summed E-state index contributed by atoms with van der Waals surface area (Å²) < 4.78 is 0. The summed E-state index contributed by atoms with van der Waals surface area (Å²) in [7, 11) is 2.02. The smallest absolute Gasteiger partial charge is 0.219 e. The third-order valence-corrected chi connectivity index (χ3v) is 3.59. The van der Waals surface area contributed by atoms with Crippen molar-refractivity contribution in [1.82, 2.24) is 10.2 Å². The lowest BCUT2D eigenvalue weighted by atomic mass is 10.1. The molecule has 0 spiro atoms. The van der Waals surface area contributed by atoms with Crippen LogP contribution >= 0.6 is 0 Å². The van der Waals surface area contributed by atoms with Crippen LogP contribution in [0, 0.1) is 0 Å². The van der Waals surface area contributed by atoms with E-state index in [9.17, 15) is 9.59 Å². The minimum absolute atomic E-state index is 0.181. The Bertz CT molecular complexity index is 279. The van der Waals surface area contributed by atoms with Crippen LogP contribution in [0.2, 0.25) is 0 Å². The molecule has 0 atom stereocenters. The zero-order chi connectivity index (χ0) is 13.9. The highest BCUT2D eigenvalue weighted by Gasteiger charge is 2.07. The van der Waals surface area contributed by atoms with Crippen LogP contribution in [0.5, 0.6) is 0 Å². The van der Waals surface area contributed by atoms with Gasteiger partial charge in [0.1, 0.15) is 5.78 Å². The van der Waals surface area contributed by atoms with E-state index in [0.29, 0.717) is 25.2 Å². The lowest BCUT2D eigenvalue weighted by molar-refractivity contribution is -0.121. The van der Waals surface area contributed by atoms with Crippen molar-refractivity contribution in [2.75, 3.05) is 26.7 Å². The summed E-state index contributed by atoms with van der Waals surface area (Å²) in [6.07, 6.45) is 8.64. The van der Waals surface area contributed by atoms with Gasteiger partial charge in [0.15, 0.2) is 0 Å². The standard InChI is InChI=1S/C15H28N2O2/c1-17-12-8-3-2-6-10-15(19)16-11-7-4-5-9-14(18)13-17/h2-13H2,1H3,(H,16,19). The average Bonchev–Trinajstić information content (AvgIpc) is 2.36. The first-order chi connectivity index (χ1) is 9.18. The van der Waals surface area contributed by atoms with Gasteiger partial charge in [-0.05, 0) is 39.3 Å². The fourth-order valence-electron chi connectivity index (χ4n) is 2.42.